The summed E-state index contributed by atoms with van der Waals surface area (Å²) in [5, 5.41) is 10.5. The number of hydrogen-bond donors (Lipinski definition) is 2. The van der Waals surface area contributed by atoms with Crippen LogP contribution in [0.3, 0.4) is 0 Å². The third-order valence-electron chi connectivity index (χ3n) is 5.77. The van der Waals surface area contributed by atoms with E-state index in [-0.39, 0.29) is 17.9 Å². The molecule has 1 heterocycles. The van der Waals surface area contributed by atoms with Gasteiger partial charge in [-0.15, -0.1) is 0 Å². The molecule has 28 heavy (non-hydrogen) atoms. The molecule has 2 aromatic rings. The van der Waals surface area contributed by atoms with E-state index in [1.54, 1.807) is 24.3 Å². The van der Waals surface area contributed by atoms with E-state index in [1.807, 2.05) is 6.20 Å². The standard InChI is InChI=1S/C22H26N4O2/c1-2-21(27)24-16-8-5-7-15(13-16)22(28)25-19-11-6-12-20-18(19)14-23-26(20)17-9-3-4-10-17/h2,5,7-8,13-14,17,19H,1,3-4,6,9-12H2,(H,24,27)(H,25,28). The second-order valence-electron chi connectivity index (χ2n) is 7.62. The van der Waals surface area contributed by atoms with Crippen LogP contribution >= 0.6 is 0 Å². The van der Waals surface area contributed by atoms with Crippen LogP contribution in [-0.4, -0.2) is 21.6 Å². The van der Waals surface area contributed by atoms with Gasteiger partial charge in [0.1, 0.15) is 0 Å². The maximum atomic E-state index is 12.8. The van der Waals surface area contributed by atoms with Crippen molar-refractivity contribution in [2.45, 2.75) is 57.0 Å². The van der Waals surface area contributed by atoms with Gasteiger partial charge in [0, 0.05) is 22.5 Å². The predicted molar refractivity (Wildman–Crippen MR) is 108 cm³/mol. The van der Waals surface area contributed by atoms with Gasteiger partial charge in [0.25, 0.3) is 5.91 Å². The molecule has 4 rings (SSSR count). The van der Waals surface area contributed by atoms with Gasteiger partial charge < -0.3 is 10.6 Å². The van der Waals surface area contributed by atoms with Gasteiger partial charge in [-0.25, -0.2) is 0 Å². The van der Waals surface area contributed by atoms with Crippen molar-refractivity contribution >= 4 is 17.5 Å². The molecular weight excluding hydrogens is 352 g/mol. The SMILES string of the molecule is C=CC(=O)Nc1cccc(C(=O)NC2CCCc3c2cnn3C2CCCC2)c1. The summed E-state index contributed by atoms with van der Waals surface area (Å²) in [6.45, 7) is 3.44. The zero-order valence-corrected chi connectivity index (χ0v) is 16.0. The first-order valence-corrected chi connectivity index (χ1v) is 10.1. The average molecular weight is 378 g/mol. The Balaban J connectivity index is 1.50. The average Bonchev–Trinajstić information content (AvgIpc) is 3.38. The van der Waals surface area contributed by atoms with Crippen LogP contribution in [0.15, 0.2) is 43.1 Å². The monoisotopic (exact) mass is 378 g/mol. The molecule has 0 spiro atoms. The summed E-state index contributed by atoms with van der Waals surface area (Å²) in [6.07, 6.45) is 11.1. The molecule has 0 bridgehead atoms. The minimum Gasteiger partial charge on any atom is -0.345 e. The summed E-state index contributed by atoms with van der Waals surface area (Å²) in [5.74, 6) is -0.435. The first-order valence-electron chi connectivity index (χ1n) is 10.1. The van der Waals surface area contributed by atoms with Gasteiger partial charge in [-0.1, -0.05) is 25.5 Å². The number of benzene rings is 1. The number of nitrogens with one attached hydrogen (secondary N) is 2. The largest absolute Gasteiger partial charge is 0.345 e. The smallest absolute Gasteiger partial charge is 0.251 e. The molecule has 1 aromatic heterocycles. The Labute approximate surface area is 165 Å². The van der Waals surface area contributed by atoms with Crippen molar-refractivity contribution in [3.8, 4) is 0 Å². The molecule has 2 N–H and O–H groups in total. The Kier molecular flexibility index (Phi) is 5.28. The van der Waals surface area contributed by atoms with Crippen molar-refractivity contribution in [1.82, 2.24) is 15.1 Å². The number of rotatable bonds is 5. The molecule has 2 aliphatic carbocycles. The second-order valence-corrected chi connectivity index (χ2v) is 7.62. The van der Waals surface area contributed by atoms with E-state index in [0.717, 1.165) is 24.8 Å². The van der Waals surface area contributed by atoms with E-state index in [4.69, 9.17) is 0 Å². The zero-order valence-electron chi connectivity index (χ0n) is 16.0. The summed E-state index contributed by atoms with van der Waals surface area (Å²) < 4.78 is 2.21. The van der Waals surface area contributed by atoms with Crippen molar-refractivity contribution in [2.75, 3.05) is 5.32 Å². The fourth-order valence-corrected chi connectivity index (χ4v) is 4.37. The summed E-state index contributed by atoms with van der Waals surface area (Å²) in [7, 11) is 0. The lowest BCUT2D eigenvalue weighted by molar-refractivity contribution is -0.111. The van der Waals surface area contributed by atoms with Gasteiger partial charge in [0.2, 0.25) is 5.91 Å². The molecule has 1 aromatic carbocycles. The highest BCUT2D eigenvalue weighted by molar-refractivity contribution is 6.00. The first kappa shape index (κ1) is 18.5. The van der Waals surface area contributed by atoms with E-state index < -0.39 is 0 Å². The summed E-state index contributed by atoms with van der Waals surface area (Å²) in [4.78, 5) is 24.3. The van der Waals surface area contributed by atoms with Gasteiger partial charge in [-0.05, 0) is 56.4 Å². The topological polar surface area (TPSA) is 76.0 Å². The number of nitrogens with zero attached hydrogens (tertiary/aromatic N) is 2. The van der Waals surface area contributed by atoms with E-state index in [0.29, 0.717) is 17.3 Å². The molecule has 1 unspecified atom stereocenters. The molecule has 2 amide bonds. The van der Waals surface area contributed by atoms with E-state index in [2.05, 4.69) is 27.0 Å². The lowest BCUT2D eigenvalue weighted by Gasteiger charge is -2.25. The number of carbonyl (C=O) groups excluding carboxylic acids is 2. The number of hydrogen-bond acceptors (Lipinski definition) is 3. The molecule has 6 nitrogen and oxygen atoms in total. The quantitative estimate of drug-likeness (QED) is 0.774. The fourth-order valence-electron chi connectivity index (χ4n) is 4.37. The zero-order chi connectivity index (χ0) is 19.5. The number of aromatic nitrogens is 2. The van der Waals surface area contributed by atoms with Crippen LogP contribution in [0.2, 0.25) is 0 Å². The van der Waals surface area contributed by atoms with Crippen LogP contribution in [-0.2, 0) is 11.2 Å². The lowest BCUT2D eigenvalue weighted by Crippen LogP contribution is -2.31. The van der Waals surface area contributed by atoms with Crippen LogP contribution in [0.1, 0.15) is 72.2 Å². The van der Waals surface area contributed by atoms with Gasteiger partial charge >= 0.3 is 0 Å². The normalized spacial score (nSPS) is 19.1. The minimum atomic E-state index is -0.297. The summed E-state index contributed by atoms with van der Waals surface area (Å²) >= 11 is 0. The Bertz CT molecular complexity index is 896. The van der Waals surface area contributed by atoms with E-state index in [9.17, 15) is 9.59 Å². The number of amides is 2. The van der Waals surface area contributed by atoms with Crippen molar-refractivity contribution in [3.63, 3.8) is 0 Å². The minimum absolute atomic E-state index is 0.0159. The lowest BCUT2D eigenvalue weighted by atomic mass is 9.92. The molecule has 2 aliphatic rings. The molecule has 0 aliphatic heterocycles. The van der Waals surface area contributed by atoms with Gasteiger partial charge in [0.05, 0.1) is 18.3 Å². The van der Waals surface area contributed by atoms with Crippen LogP contribution in [0, 0.1) is 0 Å². The van der Waals surface area contributed by atoms with E-state index >= 15 is 0 Å². The Morgan fingerprint density at radius 3 is 2.79 bits per heavy atom. The molecule has 1 fully saturated rings. The molecule has 0 saturated heterocycles. The molecule has 6 heteroatoms. The Morgan fingerprint density at radius 1 is 1.18 bits per heavy atom. The molecule has 146 valence electrons. The Morgan fingerprint density at radius 2 is 2.00 bits per heavy atom. The predicted octanol–water partition coefficient (Wildman–Crippen LogP) is 3.93. The summed E-state index contributed by atoms with van der Waals surface area (Å²) in [6, 6.07) is 7.45. The highest BCUT2D eigenvalue weighted by Crippen LogP contribution is 2.36. The highest BCUT2D eigenvalue weighted by atomic mass is 16.2. The van der Waals surface area contributed by atoms with Crippen molar-refractivity contribution in [3.05, 3.63) is 59.9 Å². The number of anilines is 1. The number of carbonyl (C=O) groups is 2. The maximum Gasteiger partial charge on any atom is 0.251 e. The van der Waals surface area contributed by atoms with Crippen LogP contribution in [0.4, 0.5) is 5.69 Å². The van der Waals surface area contributed by atoms with Crippen LogP contribution < -0.4 is 10.6 Å². The summed E-state index contributed by atoms with van der Waals surface area (Å²) in [5.41, 5.74) is 3.55. The van der Waals surface area contributed by atoms with Gasteiger partial charge in [-0.3, -0.25) is 14.3 Å². The third-order valence-corrected chi connectivity index (χ3v) is 5.77. The molecule has 0 radical (unpaired) electrons. The van der Waals surface area contributed by atoms with Crippen molar-refractivity contribution < 1.29 is 9.59 Å². The molecule has 1 saturated carbocycles. The van der Waals surface area contributed by atoms with Crippen LogP contribution in [0.25, 0.3) is 0 Å². The van der Waals surface area contributed by atoms with Crippen molar-refractivity contribution in [2.24, 2.45) is 0 Å². The van der Waals surface area contributed by atoms with Crippen LogP contribution in [0.5, 0.6) is 0 Å². The van der Waals surface area contributed by atoms with Gasteiger partial charge in [0.15, 0.2) is 0 Å². The third kappa shape index (κ3) is 3.72. The maximum absolute atomic E-state index is 12.8. The molecule has 1 atom stereocenters. The van der Waals surface area contributed by atoms with Crippen molar-refractivity contribution in [1.29, 1.82) is 0 Å². The fraction of sp³-hybridized carbons (Fsp3) is 0.409. The molecular formula is C22H26N4O2. The second kappa shape index (κ2) is 8.00. The number of fused-ring (bicyclic) bond motifs is 1. The highest BCUT2D eigenvalue weighted by Gasteiger charge is 2.29. The van der Waals surface area contributed by atoms with E-state index in [1.165, 1.54) is 37.5 Å². The Hall–Kier alpha value is -2.89. The first-order chi connectivity index (χ1) is 13.7. The van der Waals surface area contributed by atoms with Gasteiger partial charge in [-0.2, -0.15) is 5.10 Å².